The molecule has 0 spiro atoms. The van der Waals surface area contributed by atoms with Gasteiger partial charge in [-0.25, -0.2) is 4.98 Å². The zero-order chi connectivity index (χ0) is 18.2. The molecule has 8 nitrogen and oxygen atoms in total. The maximum Gasteiger partial charge on any atom is 0.240 e. The summed E-state index contributed by atoms with van der Waals surface area (Å²) in [6.45, 7) is 2.23. The highest BCUT2D eigenvalue weighted by atomic mass is 16.5. The molecule has 5 rings (SSSR count). The summed E-state index contributed by atoms with van der Waals surface area (Å²) < 4.78 is 13.2. The van der Waals surface area contributed by atoms with Crippen LogP contribution in [-0.4, -0.2) is 44.8 Å². The molecule has 138 valence electrons. The molecule has 0 saturated carbocycles. The fraction of sp³-hybridized carbons (Fsp3) is 0.316. The van der Waals surface area contributed by atoms with E-state index in [4.69, 9.17) is 9.47 Å². The van der Waals surface area contributed by atoms with Crippen molar-refractivity contribution in [2.75, 3.05) is 25.1 Å². The molecule has 4 heterocycles. The van der Waals surface area contributed by atoms with Crippen molar-refractivity contribution in [2.24, 2.45) is 13.0 Å². The van der Waals surface area contributed by atoms with Gasteiger partial charge in [0, 0.05) is 31.5 Å². The zero-order valence-corrected chi connectivity index (χ0v) is 15.0. The van der Waals surface area contributed by atoms with Crippen LogP contribution in [0.25, 0.3) is 21.9 Å². The minimum Gasteiger partial charge on any atom is -0.476 e. The number of benzene rings is 1. The Labute approximate surface area is 155 Å². The van der Waals surface area contributed by atoms with E-state index in [-0.39, 0.29) is 0 Å². The van der Waals surface area contributed by atoms with Gasteiger partial charge in [0.05, 0.1) is 29.5 Å². The molecule has 3 aromatic heterocycles. The van der Waals surface area contributed by atoms with E-state index in [1.165, 1.54) is 0 Å². The Hall–Kier alpha value is -3.13. The van der Waals surface area contributed by atoms with Crippen molar-refractivity contribution in [3.8, 4) is 5.88 Å². The van der Waals surface area contributed by atoms with Crippen LogP contribution in [0.2, 0.25) is 0 Å². The molecule has 4 aromatic rings. The molecule has 0 radical (unpaired) electrons. The molecule has 8 heteroatoms. The summed E-state index contributed by atoms with van der Waals surface area (Å²) in [5, 5.41) is 17.1. The van der Waals surface area contributed by atoms with E-state index in [2.05, 4.69) is 31.7 Å². The second-order valence-corrected chi connectivity index (χ2v) is 6.80. The van der Waals surface area contributed by atoms with E-state index in [1.807, 2.05) is 36.0 Å². The normalized spacial score (nSPS) is 17.0. The number of aromatic amines is 1. The molecule has 1 saturated heterocycles. The van der Waals surface area contributed by atoms with Gasteiger partial charge in [-0.05, 0) is 36.8 Å². The maximum atomic E-state index is 5.97. The van der Waals surface area contributed by atoms with Gasteiger partial charge in [0.2, 0.25) is 5.88 Å². The third kappa shape index (κ3) is 2.97. The number of hydrogen-bond acceptors (Lipinski definition) is 6. The number of ether oxygens (including phenoxy) is 2. The van der Waals surface area contributed by atoms with Crippen LogP contribution in [0.4, 0.5) is 11.5 Å². The van der Waals surface area contributed by atoms with Crippen molar-refractivity contribution in [3.63, 3.8) is 0 Å². The Morgan fingerprint density at radius 2 is 2.30 bits per heavy atom. The first-order valence-corrected chi connectivity index (χ1v) is 9.01. The first kappa shape index (κ1) is 16.1. The van der Waals surface area contributed by atoms with Crippen LogP contribution < -0.4 is 10.1 Å². The molecule has 1 atom stereocenters. The number of aromatic nitrogens is 5. The lowest BCUT2D eigenvalue weighted by molar-refractivity contribution is 0.165. The summed E-state index contributed by atoms with van der Waals surface area (Å²) in [4.78, 5) is 4.24. The standard InChI is InChI=1S/C19H20N6O2/c1-25-16-9-13(21-18-15-3-2-7-20-17(15)22-23-18)4-5-14(16)19(24-25)27-11-12-6-8-26-10-12/h2-5,7,9,12H,6,8,10-11H2,1H3,(H2,20,21,22,23). The largest absolute Gasteiger partial charge is 0.476 e. The number of nitrogens with one attached hydrogen (secondary N) is 2. The predicted molar refractivity (Wildman–Crippen MR) is 102 cm³/mol. The fourth-order valence-electron chi connectivity index (χ4n) is 3.41. The lowest BCUT2D eigenvalue weighted by Crippen LogP contribution is -2.12. The molecular formula is C19H20N6O2. The number of anilines is 2. The number of rotatable bonds is 5. The highest BCUT2D eigenvalue weighted by molar-refractivity contribution is 5.92. The first-order chi connectivity index (χ1) is 13.3. The molecule has 0 aliphatic carbocycles. The monoisotopic (exact) mass is 364 g/mol. The third-order valence-corrected chi connectivity index (χ3v) is 4.90. The Morgan fingerprint density at radius 3 is 3.19 bits per heavy atom. The average Bonchev–Trinajstić information content (AvgIpc) is 3.41. The van der Waals surface area contributed by atoms with Crippen molar-refractivity contribution in [1.29, 1.82) is 0 Å². The van der Waals surface area contributed by atoms with Gasteiger partial charge in [-0.15, -0.1) is 5.10 Å². The summed E-state index contributed by atoms with van der Waals surface area (Å²) in [6.07, 6.45) is 2.78. The third-order valence-electron chi connectivity index (χ3n) is 4.90. The van der Waals surface area contributed by atoms with Crippen LogP contribution >= 0.6 is 0 Å². The quantitative estimate of drug-likeness (QED) is 0.566. The van der Waals surface area contributed by atoms with Crippen molar-refractivity contribution in [3.05, 3.63) is 36.5 Å². The van der Waals surface area contributed by atoms with E-state index in [9.17, 15) is 0 Å². The summed E-state index contributed by atoms with van der Waals surface area (Å²) in [7, 11) is 1.92. The van der Waals surface area contributed by atoms with Crippen LogP contribution in [0, 0.1) is 5.92 Å². The Bertz CT molecular complexity index is 1100. The van der Waals surface area contributed by atoms with E-state index < -0.39 is 0 Å². The predicted octanol–water partition coefficient (Wildman–Crippen LogP) is 3.00. The van der Waals surface area contributed by atoms with Crippen molar-refractivity contribution in [2.45, 2.75) is 6.42 Å². The summed E-state index contributed by atoms with van der Waals surface area (Å²) in [5.74, 6) is 1.93. The highest BCUT2D eigenvalue weighted by Gasteiger charge is 2.18. The molecule has 1 aromatic carbocycles. The Morgan fingerprint density at radius 1 is 1.33 bits per heavy atom. The van der Waals surface area contributed by atoms with Gasteiger partial charge < -0.3 is 14.8 Å². The average molecular weight is 364 g/mol. The SMILES string of the molecule is Cn1nc(OCC2CCOC2)c2ccc(Nc3[nH]nc4ncccc34)cc21. The van der Waals surface area contributed by atoms with Crippen LogP contribution in [0.15, 0.2) is 36.5 Å². The lowest BCUT2D eigenvalue weighted by Gasteiger charge is -2.08. The van der Waals surface area contributed by atoms with Gasteiger partial charge in [0.15, 0.2) is 5.65 Å². The fourth-order valence-corrected chi connectivity index (χ4v) is 3.41. The van der Waals surface area contributed by atoms with Crippen LogP contribution in [0.3, 0.4) is 0 Å². The van der Waals surface area contributed by atoms with Gasteiger partial charge in [0.1, 0.15) is 5.82 Å². The van der Waals surface area contributed by atoms with Gasteiger partial charge in [-0.1, -0.05) is 0 Å². The molecule has 1 aliphatic rings. The molecule has 1 fully saturated rings. The van der Waals surface area contributed by atoms with Gasteiger partial charge in [-0.2, -0.15) is 5.10 Å². The number of nitrogens with zero attached hydrogens (tertiary/aromatic N) is 4. The van der Waals surface area contributed by atoms with Crippen molar-refractivity contribution < 1.29 is 9.47 Å². The van der Waals surface area contributed by atoms with Gasteiger partial charge in [0.25, 0.3) is 0 Å². The molecule has 0 bridgehead atoms. The molecule has 27 heavy (non-hydrogen) atoms. The summed E-state index contributed by atoms with van der Waals surface area (Å²) in [5.41, 5.74) is 2.63. The summed E-state index contributed by atoms with van der Waals surface area (Å²) >= 11 is 0. The number of pyridine rings is 1. The molecule has 2 N–H and O–H groups in total. The van der Waals surface area contributed by atoms with Crippen molar-refractivity contribution in [1.82, 2.24) is 25.0 Å². The van der Waals surface area contributed by atoms with Gasteiger partial charge >= 0.3 is 0 Å². The Kier molecular flexibility index (Phi) is 3.90. The number of aryl methyl sites for hydroxylation is 1. The van der Waals surface area contributed by atoms with Gasteiger partial charge in [-0.3, -0.25) is 9.78 Å². The first-order valence-electron chi connectivity index (χ1n) is 9.01. The summed E-state index contributed by atoms with van der Waals surface area (Å²) in [6, 6.07) is 9.97. The minimum absolute atomic E-state index is 0.449. The molecule has 1 aliphatic heterocycles. The minimum atomic E-state index is 0.449. The van der Waals surface area contributed by atoms with E-state index in [0.29, 0.717) is 24.1 Å². The van der Waals surface area contributed by atoms with E-state index in [1.54, 1.807) is 6.20 Å². The highest BCUT2D eigenvalue weighted by Crippen LogP contribution is 2.30. The molecular weight excluding hydrogens is 344 g/mol. The van der Waals surface area contributed by atoms with E-state index in [0.717, 1.165) is 47.4 Å². The maximum absolute atomic E-state index is 5.97. The zero-order valence-electron chi connectivity index (χ0n) is 15.0. The second kappa shape index (κ2) is 6.55. The van der Waals surface area contributed by atoms with Crippen LogP contribution in [-0.2, 0) is 11.8 Å². The number of H-pyrrole nitrogens is 1. The number of fused-ring (bicyclic) bond motifs is 2. The topological polar surface area (TPSA) is 89.9 Å². The lowest BCUT2D eigenvalue weighted by atomic mass is 10.1. The van der Waals surface area contributed by atoms with Crippen LogP contribution in [0.5, 0.6) is 5.88 Å². The smallest absolute Gasteiger partial charge is 0.240 e. The Balaban J connectivity index is 1.41. The van der Waals surface area contributed by atoms with Crippen molar-refractivity contribution >= 4 is 33.4 Å². The molecule has 0 amide bonds. The molecule has 1 unspecified atom stereocenters. The number of hydrogen-bond donors (Lipinski definition) is 2. The van der Waals surface area contributed by atoms with E-state index >= 15 is 0 Å². The van der Waals surface area contributed by atoms with Crippen LogP contribution in [0.1, 0.15) is 6.42 Å². The second-order valence-electron chi connectivity index (χ2n) is 6.80.